The maximum Gasteiger partial charge on any atom is 0.272 e. The third-order valence-corrected chi connectivity index (χ3v) is 3.30. The molecule has 2 aliphatic heterocycles. The van der Waals surface area contributed by atoms with E-state index in [2.05, 4.69) is 15.8 Å². The Bertz CT molecular complexity index is 468. The van der Waals surface area contributed by atoms with Crippen LogP contribution in [0, 0.1) is 0 Å². The van der Waals surface area contributed by atoms with Crippen molar-refractivity contribution < 1.29 is 4.79 Å². The second kappa shape index (κ2) is 6.22. The lowest BCUT2D eigenvalue weighted by Gasteiger charge is -2.21. The van der Waals surface area contributed by atoms with Crippen molar-refractivity contribution in [2.45, 2.75) is 19.8 Å². The van der Waals surface area contributed by atoms with Gasteiger partial charge in [-0.25, -0.2) is 0 Å². The van der Waals surface area contributed by atoms with Gasteiger partial charge < -0.3 is 15.8 Å². The van der Waals surface area contributed by atoms with Gasteiger partial charge in [0.2, 0.25) is 0 Å². The fourth-order valence-corrected chi connectivity index (χ4v) is 2.33. The number of rotatable bonds is 3. The Morgan fingerprint density at radius 2 is 2.16 bits per heavy atom. The predicted octanol–water partition coefficient (Wildman–Crippen LogP) is 1.13. The lowest BCUT2D eigenvalue weighted by atomic mass is 10.0. The number of nitrogens with zero attached hydrogens (tertiary/aromatic N) is 2. The van der Waals surface area contributed by atoms with Gasteiger partial charge in [0.05, 0.1) is 5.70 Å². The number of hydrazine groups is 1. The van der Waals surface area contributed by atoms with Crippen molar-refractivity contribution in [3.63, 3.8) is 0 Å². The number of carbonyl (C=O) groups excluding carboxylic acids is 1. The Kier molecular flexibility index (Phi) is 4.39. The molecule has 102 valence electrons. The summed E-state index contributed by atoms with van der Waals surface area (Å²) in [5, 5.41) is 0. The van der Waals surface area contributed by atoms with Gasteiger partial charge in [0, 0.05) is 31.9 Å². The van der Waals surface area contributed by atoms with Crippen LogP contribution in [0.3, 0.4) is 0 Å². The second-order valence-electron chi connectivity index (χ2n) is 4.48. The number of hydrogen-bond acceptors (Lipinski definition) is 4. The molecule has 1 fully saturated rings. The van der Waals surface area contributed by atoms with Crippen molar-refractivity contribution in [2.24, 2.45) is 4.99 Å². The maximum absolute atomic E-state index is 12.5. The van der Waals surface area contributed by atoms with E-state index in [4.69, 9.17) is 0 Å². The van der Waals surface area contributed by atoms with E-state index in [-0.39, 0.29) is 5.91 Å². The molecule has 0 aromatic carbocycles. The highest BCUT2D eigenvalue weighted by Gasteiger charge is 2.26. The van der Waals surface area contributed by atoms with Gasteiger partial charge in [0.25, 0.3) is 5.91 Å². The van der Waals surface area contributed by atoms with Crippen LogP contribution >= 0.6 is 0 Å². The van der Waals surface area contributed by atoms with Crippen molar-refractivity contribution in [2.75, 3.05) is 20.1 Å². The minimum Gasteiger partial charge on any atom is -0.337 e. The van der Waals surface area contributed by atoms with E-state index in [0.29, 0.717) is 5.71 Å². The fourth-order valence-electron chi connectivity index (χ4n) is 2.33. The van der Waals surface area contributed by atoms with Crippen molar-refractivity contribution in [1.82, 2.24) is 15.8 Å². The van der Waals surface area contributed by atoms with Gasteiger partial charge in [-0.1, -0.05) is 6.08 Å². The maximum atomic E-state index is 12.5. The second-order valence-corrected chi connectivity index (χ2v) is 4.48. The van der Waals surface area contributed by atoms with Crippen LogP contribution in [0.2, 0.25) is 0 Å². The first-order valence-corrected chi connectivity index (χ1v) is 6.59. The van der Waals surface area contributed by atoms with Gasteiger partial charge in [-0.15, -0.1) is 0 Å². The zero-order valence-corrected chi connectivity index (χ0v) is 11.4. The van der Waals surface area contributed by atoms with Crippen molar-refractivity contribution in [1.29, 1.82) is 0 Å². The molecule has 19 heavy (non-hydrogen) atoms. The molecule has 1 amide bonds. The zero-order valence-electron chi connectivity index (χ0n) is 11.4. The van der Waals surface area contributed by atoms with Crippen LogP contribution in [0.15, 0.2) is 40.7 Å². The summed E-state index contributed by atoms with van der Waals surface area (Å²) < 4.78 is 0. The summed E-state index contributed by atoms with van der Waals surface area (Å²) in [6.07, 6.45) is 9.69. The lowest BCUT2D eigenvalue weighted by Crippen LogP contribution is -2.38. The van der Waals surface area contributed by atoms with E-state index in [9.17, 15) is 4.79 Å². The Morgan fingerprint density at radius 1 is 1.42 bits per heavy atom. The van der Waals surface area contributed by atoms with Crippen LogP contribution in [0.25, 0.3) is 0 Å². The minimum atomic E-state index is 0.0188. The third kappa shape index (κ3) is 2.86. The Labute approximate surface area is 113 Å². The average Bonchev–Trinajstić information content (AvgIpc) is 2.99. The molecule has 0 spiro atoms. The summed E-state index contributed by atoms with van der Waals surface area (Å²) >= 11 is 0. The van der Waals surface area contributed by atoms with Crippen LogP contribution in [0.1, 0.15) is 19.8 Å². The SMILES string of the molecule is C/C=C(/C1=CC=CNN1)C(=NC)C(=O)N1CCCC1. The molecule has 2 heterocycles. The van der Waals surface area contributed by atoms with Crippen molar-refractivity contribution >= 4 is 11.6 Å². The summed E-state index contributed by atoms with van der Waals surface area (Å²) in [6, 6.07) is 0. The van der Waals surface area contributed by atoms with E-state index >= 15 is 0 Å². The summed E-state index contributed by atoms with van der Waals surface area (Å²) in [5.41, 5.74) is 8.16. The monoisotopic (exact) mass is 260 g/mol. The first kappa shape index (κ1) is 13.4. The van der Waals surface area contributed by atoms with Gasteiger partial charge in [0.1, 0.15) is 5.71 Å². The number of allylic oxidation sites excluding steroid dienone is 4. The first-order chi connectivity index (χ1) is 9.27. The van der Waals surface area contributed by atoms with Crippen LogP contribution in [0.5, 0.6) is 0 Å². The van der Waals surface area contributed by atoms with Gasteiger partial charge in [-0.2, -0.15) is 0 Å². The van der Waals surface area contributed by atoms with Crippen molar-refractivity contribution in [3.8, 4) is 0 Å². The summed E-state index contributed by atoms with van der Waals surface area (Å²) in [7, 11) is 1.67. The molecule has 0 bridgehead atoms. The van der Waals surface area contributed by atoms with Crippen LogP contribution in [0.4, 0.5) is 0 Å². The average molecular weight is 260 g/mol. The third-order valence-electron chi connectivity index (χ3n) is 3.30. The first-order valence-electron chi connectivity index (χ1n) is 6.59. The van der Waals surface area contributed by atoms with Gasteiger partial charge in [-0.3, -0.25) is 9.79 Å². The molecule has 0 radical (unpaired) electrons. The Balaban J connectivity index is 2.22. The molecule has 2 aliphatic rings. The molecule has 2 rings (SSSR count). The number of nitrogens with one attached hydrogen (secondary N) is 2. The Hall–Kier alpha value is -2.04. The highest BCUT2D eigenvalue weighted by molar-refractivity contribution is 6.46. The number of amides is 1. The highest BCUT2D eigenvalue weighted by atomic mass is 16.2. The predicted molar refractivity (Wildman–Crippen MR) is 76.4 cm³/mol. The molecule has 0 saturated carbocycles. The van der Waals surface area contributed by atoms with Gasteiger partial charge in [0.15, 0.2) is 0 Å². The minimum absolute atomic E-state index is 0.0188. The summed E-state index contributed by atoms with van der Waals surface area (Å²) in [5.74, 6) is 0.0188. The molecule has 5 heteroatoms. The molecule has 2 N–H and O–H groups in total. The summed E-state index contributed by atoms with van der Waals surface area (Å²) in [6.45, 7) is 3.58. The standard InChI is InChI=1S/C14H20N4O/c1-3-11(12-7-6-8-16-17-12)13(15-2)14(19)18-9-4-5-10-18/h3,6-8,16-17H,4-5,9-10H2,1-2H3/b11-3-,15-13?. The molecule has 1 saturated heterocycles. The molecule has 0 aliphatic carbocycles. The largest absolute Gasteiger partial charge is 0.337 e. The van der Waals surface area contributed by atoms with E-state index in [0.717, 1.165) is 37.2 Å². The zero-order chi connectivity index (χ0) is 13.7. The van der Waals surface area contributed by atoms with E-state index < -0.39 is 0 Å². The molecule has 0 atom stereocenters. The fraction of sp³-hybridized carbons (Fsp3) is 0.429. The van der Waals surface area contributed by atoms with E-state index in [1.54, 1.807) is 13.2 Å². The molecule has 0 unspecified atom stereocenters. The number of aliphatic imine (C=N–C) groups is 1. The topological polar surface area (TPSA) is 56.7 Å². The normalized spacial score (nSPS) is 19.9. The van der Waals surface area contributed by atoms with Crippen molar-refractivity contribution in [3.05, 3.63) is 35.7 Å². The highest BCUT2D eigenvalue weighted by Crippen LogP contribution is 2.16. The lowest BCUT2D eigenvalue weighted by molar-refractivity contribution is -0.123. The Morgan fingerprint density at radius 3 is 2.68 bits per heavy atom. The quantitative estimate of drug-likeness (QED) is 0.748. The van der Waals surface area contributed by atoms with E-state index in [1.807, 2.05) is 30.1 Å². The van der Waals surface area contributed by atoms with Crippen LogP contribution in [-0.4, -0.2) is 36.7 Å². The number of likely N-dealkylation sites (tertiary alicyclic amines) is 1. The molecular formula is C14H20N4O. The smallest absolute Gasteiger partial charge is 0.272 e. The molecule has 0 aromatic rings. The molecule has 0 aromatic heterocycles. The molecular weight excluding hydrogens is 240 g/mol. The van der Waals surface area contributed by atoms with E-state index in [1.165, 1.54) is 0 Å². The summed E-state index contributed by atoms with van der Waals surface area (Å²) in [4.78, 5) is 18.6. The number of carbonyl (C=O) groups is 1. The van der Waals surface area contributed by atoms with Gasteiger partial charge >= 0.3 is 0 Å². The van der Waals surface area contributed by atoms with Crippen LogP contribution in [-0.2, 0) is 4.79 Å². The van der Waals surface area contributed by atoms with Crippen LogP contribution < -0.4 is 10.9 Å². The molecule has 5 nitrogen and oxygen atoms in total. The number of hydrogen-bond donors (Lipinski definition) is 2. The van der Waals surface area contributed by atoms with Gasteiger partial charge in [-0.05, 0) is 31.9 Å².